The molecule has 0 unspecified atom stereocenters. The highest BCUT2D eigenvalue weighted by Crippen LogP contribution is 2.19. The van der Waals surface area contributed by atoms with Gasteiger partial charge in [0, 0.05) is 23.2 Å². The predicted molar refractivity (Wildman–Crippen MR) is 114 cm³/mol. The number of unbranched alkanes of at least 4 members (excludes halogenated alkanes) is 1. The Kier molecular flexibility index (Phi) is 6.74. The number of benzene rings is 3. The van der Waals surface area contributed by atoms with Gasteiger partial charge in [-0.05, 0) is 49.4 Å². The van der Waals surface area contributed by atoms with Gasteiger partial charge in [0.1, 0.15) is 0 Å². The van der Waals surface area contributed by atoms with Crippen molar-refractivity contribution in [3.63, 3.8) is 0 Å². The SMILES string of the molecule is Cc1ccc(NC(=O)CCCCc2ccccc2)cc1C(=O)c1ccccc1. The molecule has 0 heterocycles. The molecule has 0 aromatic heterocycles. The van der Waals surface area contributed by atoms with E-state index < -0.39 is 0 Å². The maximum Gasteiger partial charge on any atom is 0.224 e. The molecule has 1 N–H and O–H groups in total. The summed E-state index contributed by atoms with van der Waals surface area (Å²) in [5.74, 6) is -0.0490. The summed E-state index contributed by atoms with van der Waals surface area (Å²) in [7, 11) is 0. The molecule has 3 rings (SSSR count). The monoisotopic (exact) mass is 371 g/mol. The molecule has 0 spiro atoms. The molecule has 0 atom stereocenters. The summed E-state index contributed by atoms with van der Waals surface area (Å²) in [6.07, 6.45) is 3.27. The molecule has 0 aliphatic carbocycles. The van der Waals surface area contributed by atoms with E-state index in [2.05, 4.69) is 17.4 Å². The van der Waals surface area contributed by atoms with Crippen LogP contribution in [0.3, 0.4) is 0 Å². The lowest BCUT2D eigenvalue weighted by Crippen LogP contribution is -2.12. The first-order valence-electron chi connectivity index (χ1n) is 9.67. The molecule has 3 aromatic carbocycles. The molecule has 0 fully saturated rings. The number of hydrogen-bond donors (Lipinski definition) is 1. The third-order valence-electron chi connectivity index (χ3n) is 4.76. The van der Waals surface area contributed by atoms with E-state index >= 15 is 0 Å². The zero-order valence-electron chi connectivity index (χ0n) is 16.2. The highest BCUT2D eigenvalue weighted by Gasteiger charge is 2.13. The second-order valence-electron chi connectivity index (χ2n) is 6.97. The second-order valence-corrected chi connectivity index (χ2v) is 6.97. The van der Waals surface area contributed by atoms with Gasteiger partial charge < -0.3 is 5.32 Å². The summed E-state index contributed by atoms with van der Waals surface area (Å²) >= 11 is 0. The quantitative estimate of drug-likeness (QED) is 0.415. The van der Waals surface area contributed by atoms with Crippen LogP contribution in [0.15, 0.2) is 78.9 Å². The number of hydrogen-bond acceptors (Lipinski definition) is 2. The highest BCUT2D eigenvalue weighted by atomic mass is 16.1. The Hall–Kier alpha value is -3.20. The summed E-state index contributed by atoms with van der Waals surface area (Å²) in [6.45, 7) is 1.91. The minimum Gasteiger partial charge on any atom is -0.326 e. The van der Waals surface area contributed by atoms with Crippen molar-refractivity contribution < 1.29 is 9.59 Å². The molecule has 0 saturated heterocycles. The van der Waals surface area contributed by atoms with E-state index in [0.717, 1.165) is 24.8 Å². The number of nitrogens with one attached hydrogen (secondary N) is 1. The first-order valence-corrected chi connectivity index (χ1v) is 9.67. The molecule has 28 heavy (non-hydrogen) atoms. The fourth-order valence-corrected chi connectivity index (χ4v) is 3.17. The fraction of sp³-hybridized carbons (Fsp3) is 0.200. The number of aryl methyl sites for hydroxylation is 2. The third kappa shape index (κ3) is 5.40. The Morgan fingerprint density at radius 3 is 2.21 bits per heavy atom. The van der Waals surface area contributed by atoms with Gasteiger partial charge in [-0.25, -0.2) is 0 Å². The Labute approximate surface area is 166 Å². The first-order chi connectivity index (χ1) is 13.6. The van der Waals surface area contributed by atoms with Crippen molar-refractivity contribution in [2.24, 2.45) is 0 Å². The van der Waals surface area contributed by atoms with Crippen LogP contribution in [0.1, 0.15) is 46.3 Å². The van der Waals surface area contributed by atoms with Gasteiger partial charge in [0.2, 0.25) is 5.91 Å². The smallest absolute Gasteiger partial charge is 0.224 e. The van der Waals surface area contributed by atoms with Crippen LogP contribution in [-0.4, -0.2) is 11.7 Å². The van der Waals surface area contributed by atoms with Gasteiger partial charge in [-0.3, -0.25) is 9.59 Å². The van der Waals surface area contributed by atoms with E-state index in [1.54, 1.807) is 18.2 Å². The Bertz CT molecular complexity index is 933. The second kappa shape index (κ2) is 9.65. The van der Waals surface area contributed by atoms with Gasteiger partial charge in [0.05, 0.1) is 0 Å². The van der Waals surface area contributed by atoms with Crippen LogP contribution in [0.4, 0.5) is 5.69 Å². The normalized spacial score (nSPS) is 10.5. The van der Waals surface area contributed by atoms with Crippen molar-refractivity contribution in [1.29, 1.82) is 0 Å². The number of carbonyl (C=O) groups excluding carboxylic acids is 2. The molecule has 0 aliphatic rings. The summed E-state index contributed by atoms with van der Waals surface area (Å²) in [6, 6.07) is 25.0. The van der Waals surface area contributed by atoms with Crippen LogP contribution >= 0.6 is 0 Å². The van der Waals surface area contributed by atoms with Gasteiger partial charge in [0.25, 0.3) is 0 Å². The standard InChI is InChI=1S/C25H25NO2/c1-19-16-17-22(18-23(19)25(28)21-13-6-3-7-14-21)26-24(27)15-9-8-12-20-10-4-2-5-11-20/h2-7,10-11,13-14,16-18H,8-9,12,15H2,1H3,(H,26,27). The summed E-state index contributed by atoms with van der Waals surface area (Å²) in [5.41, 5.74) is 4.13. The topological polar surface area (TPSA) is 46.2 Å². The van der Waals surface area contributed by atoms with Gasteiger partial charge in [-0.1, -0.05) is 66.7 Å². The number of amides is 1. The zero-order valence-corrected chi connectivity index (χ0v) is 16.2. The Balaban J connectivity index is 1.55. The molecular weight excluding hydrogens is 346 g/mol. The highest BCUT2D eigenvalue weighted by molar-refractivity contribution is 6.10. The van der Waals surface area contributed by atoms with Gasteiger partial charge in [-0.15, -0.1) is 0 Å². The van der Waals surface area contributed by atoms with E-state index in [0.29, 0.717) is 23.2 Å². The van der Waals surface area contributed by atoms with Gasteiger partial charge >= 0.3 is 0 Å². The molecule has 3 nitrogen and oxygen atoms in total. The molecule has 3 heteroatoms. The molecule has 0 bridgehead atoms. The van der Waals surface area contributed by atoms with Crippen LogP contribution in [0.2, 0.25) is 0 Å². The maximum atomic E-state index is 12.7. The van der Waals surface area contributed by atoms with Crippen molar-refractivity contribution in [3.8, 4) is 0 Å². The minimum absolute atomic E-state index is 0.0185. The lowest BCUT2D eigenvalue weighted by atomic mass is 9.98. The summed E-state index contributed by atoms with van der Waals surface area (Å²) in [5, 5.41) is 2.92. The van der Waals surface area contributed by atoms with E-state index in [4.69, 9.17) is 0 Å². The number of ketones is 1. The van der Waals surface area contributed by atoms with Crippen molar-refractivity contribution >= 4 is 17.4 Å². The van der Waals surface area contributed by atoms with E-state index in [9.17, 15) is 9.59 Å². The fourth-order valence-electron chi connectivity index (χ4n) is 3.17. The molecular formula is C25H25NO2. The average Bonchev–Trinajstić information content (AvgIpc) is 2.73. The van der Waals surface area contributed by atoms with Crippen molar-refractivity contribution in [2.75, 3.05) is 5.32 Å². The lowest BCUT2D eigenvalue weighted by molar-refractivity contribution is -0.116. The van der Waals surface area contributed by atoms with Crippen LogP contribution in [0.25, 0.3) is 0 Å². The number of anilines is 1. The minimum atomic E-state index is -0.0305. The molecule has 1 amide bonds. The van der Waals surface area contributed by atoms with Crippen molar-refractivity contribution in [3.05, 3.63) is 101 Å². The van der Waals surface area contributed by atoms with Crippen molar-refractivity contribution in [2.45, 2.75) is 32.6 Å². The number of carbonyl (C=O) groups is 2. The van der Waals surface area contributed by atoms with E-state index in [1.807, 2.05) is 55.5 Å². The van der Waals surface area contributed by atoms with E-state index in [-0.39, 0.29) is 11.7 Å². The molecule has 0 aliphatic heterocycles. The predicted octanol–water partition coefficient (Wildman–Crippen LogP) is 5.58. The molecule has 142 valence electrons. The molecule has 0 radical (unpaired) electrons. The molecule has 0 saturated carbocycles. The average molecular weight is 371 g/mol. The van der Waals surface area contributed by atoms with Crippen LogP contribution < -0.4 is 5.32 Å². The summed E-state index contributed by atoms with van der Waals surface area (Å²) < 4.78 is 0. The zero-order chi connectivity index (χ0) is 19.8. The summed E-state index contributed by atoms with van der Waals surface area (Å²) in [4.78, 5) is 25.0. The lowest BCUT2D eigenvalue weighted by Gasteiger charge is -2.10. The van der Waals surface area contributed by atoms with Crippen molar-refractivity contribution in [1.82, 2.24) is 0 Å². The van der Waals surface area contributed by atoms with E-state index in [1.165, 1.54) is 5.56 Å². The van der Waals surface area contributed by atoms with Gasteiger partial charge in [-0.2, -0.15) is 0 Å². The van der Waals surface area contributed by atoms with Gasteiger partial charge in [0.15, 0.2) is 5.78 Å². The maximum absolute atomic E-state index is 12.7. The largest absolute Gasteiger partial charge is 0.326 e. The number of rotatable bonds is 8. The van der Waals surface area contributed by atoms with Crippen LogP contribution in [0.5, 0.6) is 0 Å². The molecule has 3 aromatic rings. The Morgan fingerprint density at radius 1 is 0.821 bits per heavy atom. The van der Waals surface area contributed by atoms with Crippen LogP contribution in [-0.2, 0) is 11.2 Å². The van der Waals surface area contributed by atoms with Crippen LogP contribution in [0, 0.1) is 6.92 Å². The third-order valence-corrected chi connectivity index (χ3v) is 4.76. The Morgan fingerprint density at radius 2 is 1.50 bits per heavy atom. The first kappa shape index (κ1) is 19.6.